The van der Waals surface area contributed by atoms with E-state index in [1.807, 2.05) is 24.3 Å². The minimum atomic E-state index is 0.802. The standard InChI is InChI=1S/C17H23N3/c1-20(14-15-7-3-2-4-8-15)12-6-11-19-17-10-5-9-16(18)13-17/h2-5,7-10,13,19H,6,11-12,14,18H2,1H3. The van der Waals surface area contributed by atoms with Crippen LogP contribution in [-0.4, -0.2) is 25.0 Å². The molecule has 0 unspecified atom stereocenters. The SMILES string of the molecule is CN(CCCNc1cccc(N)c1)Cc1ccccc1. The Hall–Kier alpha value is -2.00. The summed E-state index contributed by atoms with van der Waals surface area (Å²) in [6.07, 6.45) is 1.11. The number of nitrogens with zero attached hydrogens (tertiary/aromatic N) is 1. The van der Waals surface area contributed by atoms with Crippen LogP contribution in [0, 0.1) is 0 Å². The summed E-state index contributed by atoms with van der Waals surface area (Å²) in [6.45, 7) is 3.03. The van der Waals surface area contributed by atoms with Crippen molar-refractivity contribution >= 4 is 11.4 Å². The molecule has 20 heavy (non-hydrogen) atoms. The topological polar surface area (TPSA) is 41.3 Å². The lowest BCUT2D eigenvalue weighted by Gasteiger charge is -2.17. The Balaban J connectivity index is 1.66. The molecule has 0 aliphatic carbocycles. The molecule has 0 saturated heterocycles. The van der Waals surface area contributed by atoms with Gasteiger partial charge >= 0.3 is 0 Å². The predicted octanol–water partition coefficient (Wildman–Crippen LogP) is 3.20. The van der Waals surface area contributed by atoms with Gasteiger partial charge < -0.3 is 16.0 Å². The summed E-state index contributed by atoms with van der Waals surface area (Å²) >= 11 is 0. The molecule has 0 saturated carbocycles. The summed E-state index contributed by atoms with van der Waals surface area (Å²) < 4.78 is 0. The number of rotatable bonds is 7. The number of nitrogens with two attached hydrogens (primary N) is 1. The predicted molar refractivity (Wildman–Crippen MR) is 86.7 cm³/mol. The number of hydrogen-bond acceptors (Lipinski definition) is 3. The van der Waals surface area contributed by atoms with Gasteiger partial charge in [0.05, 0.1) is 0 Å². The molecule has 3 N–H and O–H groups in total. The van der Waals surface area contributed by atoms with Crippen LogP contribution in [0.1, 0.15) is 12.0 Å². The van der Waals surface area contributed by atoms with Gasteiger partial charge in [0.15, 0.2) is 0 Å². The normalized spacial score (nSPS) is 10.7. The van der Waals surface area contributed by atoms with Gasteiger partial charge in [0.1, 0.15) is 0 Å². The maximum absolute atomic E-state index is 5.75. The molecular weight excluding hydrogens is 246 g/mol. The van der Waals surface area contributed by atoms with Gasteiger partial charge in [0.2, 0.25) is 0 Å². The van der Waals surface area contributed by atoms with Crippen molar-refractivity contribution in [3.8, 4) is 0 Å². The Morgan fingerprint density at radius 2 is 1.85 bits per heavy atom. The molecule has 0 atom stereocenters. The first-order chi connectivity index (χ1) is 9.74. The van der Waals surface area contributed by atoms with Crippen LogP contribution in [0.15, 0.2) is 54.6 Å². The van der Waals surface area contributed by atoms with E-state index in [1.165, 1.54) is 5.56 Å². The minimum absolute atomic E-state index is 0.802. The third-order valence-corrected chi connectivity index (χ3v) is 3.23. The molecule has 2 aromatic carbocycles. The average Bonchev–Trinajstić information content (AvgIpc) is 2.45. The van der Waals surface area contributed by atoms with Gasteiger partial charge in [-0.15, -0.1) is 0 Å². The number of nitrogen functional groups attached to an aromatic ring is 1. The molecule has 0 aromatic heterocycles. The van der Waals surface area contributed by atoms with Crippen LogP contribution < -0.4 is 11.1 Å². The molecule has 2 aromatic rings. The molecule has 0 bridgehead atoms. The summed E-state index contributed by atoms with van der Waals surface area (Å²) in [5.41, 5.74) is 9.00. The van der Waals surface area contributed by atoms with Gasteiger partial charge in [-0.05, 0) is 43.8 Å². The van der Waals surface area contributed by atoms with Crippen molar-refractivity contribution in [2.75, 3.05) is 31.2 Å². The molecule has 0 aliphatic heterocycles. The maximum atomic E-state index is 5.75. The lowest BCUT2D eigenvalue weighted by atomic mass is 10.2. The second-order valence-electron chi connectivity index (χ2n) is 5.13. The average molecular weight is 269 g/mol. The molecule has 0 fully saturated rings. The molecule has 106 valence electrons. The fourth-order valence-electron chi connectivity index (χ4n) is 2.20. The van der Waals surface area contributed by atoms with E-state index in [1.54, 1.807) is 0 Å². The number of hydrogen-bond donors (Lipinski definition) is 2. The van der Waals surface area contributed by atoms with Crippen molar-refractivity contribution in [3.63, 3.8) is 0 Å². The smallest absolute Gasteiger partial charge is 0.0360 e. The highest BCUT2D eigenvalue weighted by Gasteiger charge is 1.99. The van der Waals surface area contributed by atoms with E-state index < -0.39 is 0 Å². The molecule has 0 amide bonds. The van der Waals surface area contributed by atoms with Gasteiger partial charge in [-0.2, -0.15) is 0 Å². The zero-order chi connectivity index (χ0) is 14.2. The van der Waals surface area contributed by atoms with Crippen LogP contribution in [-0.2, 0) is 6.54 Å². The number of anilines is 2. The van der Waals surface area contributed by atoms with E-state index >= 15 is 0 Å². The third-order valence-electron chi connectivity index (χ3n) is 3.23. The fraction of sp³-hybridized carbons (Fsp3) is 0.294. The molecule has 2 rings (SSSR count). The van der Waals surface area contributed by atoms with Crippen molar-refractivity contribution in [1.29, 1.82) is 0 Å². The van der Waals surface area contributed by atoms with E-state index in [-0.39, 0.29) is 0 Å². The molecule has 0 aliphatic rings. The van der Waals surface area contributed by atoms with Gasteiger partial charge in [0, 0.05) is 24.5 Å². The monoisotopic (exact) mass is 269 g/mol. The Kier molecular flexibility index (Phi) is 5.44. The van der Waals surface area contributed by atoms with E-state index in [0.29, 0.717) is 0 Å². The summed E-state index contributed by atoms with van der Waals surface area (Å²) in [7, 11) is 2.16. The van der Waals surface area contributed by atoms with Crippen LogP contribution in [0.5, 0.6) is 0 Å². The maximum Gasteiger partial charge on any atom is 0.0360 e. The molecular formula is C17H23N3. The summed E-state index contributed by atoms with van der Waals surface area (Å²) in [6, 6.07) is 18.5. The van der Waals surface area contributed by atoms with Crippen molar-refractivity contribution in [2.24, 2.45) is 0 Å². The molecule has 0 spiro atoms. The second kappa shape index (κ2) is 7.56. The lowest BCUT2D eigenvalue weighted by molar-refractivity contribution is 0.325. The minimum Gasteiger partial charge on any atom is -0.399 e. The number of benzene rings is 2. The van der Waals surface area contributed by atoms with Crippen LogP contribution in [0.25, 0.3) is 0 Å². The molecule has 0 heterocycles. The Labute approximate surface area is 121 Å². The van der Waals surface area contributed by atoms with Gasteiger partial charge in [-0.25, -0.2) is 0 Å². The molecule has 3 nitrogen and oxygen atoms in total. The van der Waals surface area contributed by atoms with Gasteiger partial charge in [-0.3, -0.25) is 0 Å². The zero-order valence-electron chi connectivity index (χ0n) is 12.0. The van der Waals surface area contributed by atoms with E-state index in [0.717, 1.165) is 37.4 Å². The summed E-state index contributed by atoms with van der Waals surface area (Å²) in [5.74, 6) is 0. The van der Waals surface area contributed by atoms with Crippen molar-refractivity contribution < 1.29 is 0 Å². The summed E-state index contributed by atoms with van der Waals surface area (Å²) in [4.78, 5) is 2.34. The largest absolute Gasteiger partial charge is 0.399 e. The van der Waals surface area contributed by atoms with Crippen molar-refractivity contribution in [1.82, 2.24) is 4.90 Å². The van der Waals surface area contributed by atoms with Gasteiger partial charge in [-0.1, -0.05) is 36.4 Å². The van der Waals surface area contributed by atoms with E-state index in [4.69, 9.17) is 5.73 Å². The fourth-order valence-corrected chi connectivity index (χ4v) is 2.20. The highest BCUT2D eigenvalue weighted by atomic mass is 15.1. The zero-order valence-corrected chi connectivity index (χ0v) is 12.0. The van der Waals surface area contributed by atoms with E-state index in [9.17, 15) is 0 Å². The van der Waals surface area contributed by atoms with Crippen LogP contribution in [0.4, 0.5) is 11.4 Å². The molecule has 3 heteroatoms. The lowest BCUT2D eigenvalue weighted by Crippen LogP contribution is -2.21. The van der Waals surface area contributed by atoms with Crippen LogP contribution >= 0.6 is 0 Å². The van der Waals surface area contributed by atoms with Gasteiger partial charge in [0.25, 0.3) is 0 Å². The highest BCUT2D eigenvalue weighted by Crippen LogP contribution is 2.11. The Bertz CT molecular complexity index is 511. The van der Waals surface area contributed by atoms with E-state index in [2.05, 4.69) is 47.6 Å². The third kappa shape index (κ3) is 4.94. The Morgan fingerprint density at radius 3 is 2.60 bits per heavy atom. The Morgan fingerprint density at radius 1 is 1.05 bits per heavy atom. The van der Waals surface area contributed by atoms with Crippen molar-refractivity contribution in [2.45, 2.75) is 13.0 Å². The first-order valence-electron chi connectivity index (χ1n) is 7.06. The van der Waals surface area contributed by atoms with Crippen LogP contribution in [0.2, 0.25) is 0 Å². The first-order valence-corrected chi connectivity index (χ1v) is 7.06. The van der Waals surface area contributed by atoms with Crippen molar-refractivity contribution in [3.05, 3.63) is 60.2 Å². The first kappa shape index (κ1) is 14.4. The highest BCUT2D eigenvalue weighted by molar-refractivity contribution is 5.53. The molecule has 0 radical (unpaired) electrons. The number of nitrogens with one attached hydrogen (secondary N) is 1. The second-order valence-corrected chi connectivity index (χ2v) is 5.13. The summed E-state index contributed by atoms with van der Waals surface area (Å²) in [5, 5.41) is 3.40. The van der Waals surface area contributed by atoms with Crippen LogP contribution in [0.3, 0.4) is 0 Å². The quantitative estimate of drug-likeness (QED) is 0.599.